The first kappa shape index (κ1) is 14.5. The second-order valence-electron chi connectivity index (χ2n) is 5.65. The third-order valence-corrected chi connectivity index (χ3v) is 3.59. The molecule has 1 aromatic rings. The highest BCUT2D eigenvalue weighted by Gasteiger charge is 2.30. The lowest BCUT2D eigenvalue weighted by atomic mass is 9.92. The summed E-state index contributed by atoms with van der Waals surface area (Å²) in [6.07, 6.45) is 2.20. The number of fused-ring (bicyclic) bond motifs is 1. The summed E-state index contributed by atoms with van der Waals surface area (Å²) in [4.78, 5) is 31.0. The molecule has 0 saturated carbocycles. The van der Waals surface area contributed by atoms with Gasteiger partial charge in [-0.1, -0.05) is 0 Å². The van der Waals surface area contributed by atoms with Crippen molar-refractivity contribution in [2.45, 2.75) is 32.9 Å². The van der Waals surface area contributed by atoms with Gasteiger partial charge in [0.25, 0.3) is 0 Å². The molecule has 1 aromatic heterocycles. The van der Waals surface area contributed by atoms with Gasteiger partial charge < -0.3 is 15.6 Å². The smallest absolute Gasteiger partial charge is 0.237 e. The molecule has 7 heteroatoms. The highest BCUT2D eigenvalue weighted by atomic mass is 16.2. The zero-order chi connectivity index (χ0) is 14.8. The van der Waals surface area contributed by atoms with E-state index in [0.29, 0.717) is 19.5 Å². The van der Waals surface area contributed by atoms with Crippen LogP contribution in [0.1, 0.15) is 25.2 Å². The van der Waals surface area contributed by atoms with Gasteiger partial charge in [0.05, 0.1) is 29.2 Å². The summed E-state index contributed by atoms with van der Waals surface area (Å²) in [7, 11) is 1.59. The van der Waals surface area contributed by atoms with Crippen LogP contribution in [0.4, 0.5) is 0 Å². The summed E-state index contributed by atoms with van der Waals surface area (Å²) in [5.74, 6) is -0.195. The Labute approximate surface area is 117 Å². The zero-order valence-electron chi connectivity index (χ0n) is 12.0. The number of hydrogen-bond donors (Lipinski definition) is 4. The minimum Gasteiger partial charge on any atom is -0.359 e. The molecular formula is C13H21N5O2. The number of nitrogens with one attached hydrogen (secondary N) is 4. The molecule has 2 rings (SSSR count). The largest absolute Gasteiger partial charge is 0.359 e. The summed E-state index contributed by atoms with van der Waals surface area (Å²) in [5.41, 5.74) is 1.32. The first-order chi connectivity index (χ1) is 9.44. The van der Waals surface area contributed by atoms with Crippen LogP contribution in [0.3, 0.4) is 0 Å². The zero-order valence-corrected chi connectivity index (χ0v) is 12.0. The summed E-state index contributed by atoms with van der Waals surface area (Å²) in [6, 6.07) is -0.300. The van der Waals surface area contributed by atoms with Gasteiger partial charge in [0.1, 0.15) is 0 Å². The molecule has 1 unspecified atom stereocenters. The van der Waals surface area contributed by atoms with Crippen LogP contribution in [-0.4, -0.2) is 41.4 Å². The molecule has 2 heterocycles. The summed E-state index contributed by atoms with van der Waals surface area (Å²) in [6.45, 7) is 4.50. The molecule has 4 N–H and O–H groups in total. The van der Waals surface area contributed by atoms with Crippen molar-refractivity contribution in [1.29, 1.82) is 0 Å². The molecule has 0 spiro atoms. The number of hydrogen-bond acceptors (Lipinski definition) is 4. The van der Waals surface area contributed by atoms with Crippen LogP contribution in [0.5, 0.6) is 0 Å². The predicted molar refractivity (Wildman–Crippen MR) is 73.8 cm³/mol. The van der Waals surface area contributed by atoms with Gasteiger partial charge in [0.2, 0.25) is 11.8 Å². The highest BCUT2D eigenvalue weighted by Crippen LogP contribution is 2.15. The lowest BCUT2D eigenvalue weighted by Crippen LogP contribution is -2.51. The number of carbonyl (C=O) groups excluding carboxylic acids is 2. The van der Waals surface area contributed by atoms with Crippen LogP contribution < -0.4 is 16.0 Å². The van der Waals surface area contributed by atoms with Crippen LogP contribution >= 0.6 is 0 Å². The van der Waals surface area contributed by atoms with E-state index in [1.165, 1.54) is 0 Å². The van der Waals surface area contributed by atoms with Gasteiger partial charge in [-0.25, -0.2) is 4.98 Å². The number of nitrogens with zero attached hydrogens (tertiary/aromatic N) is 1. The molecule has 0 fully saturated rings. The van der Waals surface area contributed by atoms with Gasteiger partial charge in [-0.3, -0.25) is 14.9 Å². The second-order valence-corrected chi connectivity index (χ2v) is 5.65. The highest BCUT2D eigenvalue weighted by molar-refractivity contribution is 5.85. The van der Waals surface area contributed by atoms with Crippen molar-refractivity contribution >= 4 is 11.8 Å². The Bertz CT molecular complexity index is 509. The van der Waals surface area contributed by atoms with Crippen molar-refractivity contribution < 1.29 is 9.59 Å². The number of carbonyl (C=O) groups is 2. The number of H-pyrrole nitrogens is 1. The lowest BCUT2D eigenvalue weighted by molar-refractivity contribution is -0.129. The maximum absolute atomic E-state index is 12.1. The van der Waals surface area contributed by atoms with Crippen LogP contribution in [0, 0.1) is 5.41 Å². The third-order valence-electron chi connectivity index (χ3n) is 3.59. The molecule has 0 aromatic carbocycles. The number of rotatable bonds is 4. The van der Waals surface area contributed by atoms with Gasteiger partial charge in [0, 0.05) is 26.6 Å². The number of amides is 2. The molecule has 0 saturated heterocycles. The van der Waals surface area contributed by atoms with E-state index in [4.69, 9.17) is 0 Å². The van der Waals surface area contributed by atoms with E-state index >= 15 is 0 Å². The molecule has 0 radical (unpaired) electrons. The van der Waals surface area contributed by atoms with E-state index in [2.05, 4.69) is 25.9 Å². The van der Waals surface area contributed by atoms with Crippen molar-refractivity contribution in [2.24, 2.45) is 5.41 Å². The van der Waals surface area contributed by atoms with E-state index in [0.717, 1.165) is 11.4 Å². The average molecular weight is 279 g/mol. The van der Waals surface area contributed by atoms with Crippen molar-refractivity contribution in [1.82, 2.24) is 25.9 Å². The lowest BCUT2D eigenvalue weighted by Gasteiger charge is -2.26. The average Bonchev–Trinajstić information content (AvgIpc) is 2.91. The summed E-state index contributed by atoms with van der Waals surface area (Å²) >= 11 is 0. The van der Waals surface area contributed by atoms with E-state index < -0.39 is 5.41 Å². The molecule has 0 bridgehead atoms. The Morgan fingerprint density at radius 1 is 1.50 bits per heavy atom. The van der Waals surface area contributed by atoms with Gasteiger partial charge in [0.15, 0.2) is 0 Å². The fourth-order valence-electron chi connectivity index (χ4n) is 2.20. The number of imidazole rings is 1. The van der Waals surface area contributed by atoms with Gasteiger partial charge in [-0.2, -0.15) is 0 Å². The molecule has 1 aliphatic rings. The van der Waals surface area contributed by atoms with E-state index in [1.807, 2.05) is 0 Å². The molecule has 0 aliphatic carbocycles. The third kappa shape index (κ3) is 2.98. The van der Waals surface area contributed by atoms with E-state index in [9.17, 15) is 9.59 Å². The molecule has 1 atom stereocenters. The fraction of sp³-hybridized carbons (Fsp3) is 0.615. The minimum atomic E-state index is -0.628. The van der Waals surface area contributed by atoms with E-state index in [1.54, 1.807) is 27.2 Å². The first-order valence-electron chi connectivity index (χ1n) is 6.68. The monoisotopic (exact) mass is 279 g/mol. The van der Waals surface area contributed by atoms with Crippen molar-refractivity contribution in [3.8, 4) is 0 Å². The Morgan fingerprint density at radius 2 is 2.25 bits per heavy atom. The molecule has 20 heavy (non-hydrogen) atoms. The molecular weight excluding hydrogens is 258 g/mol. The van der Waals surface area contributed by atoms with Crippen LogP contribution in [-0.2, 0) is 22.6 Å². The Hall–Kier alpha value is -1.89. The predicted octanol–water partition coefficient (Wildman–Crippen LogP) is -0.688. The maximum atomic E-state index is 12.1. The van der Waals surface area contributed by atoms with Crippen LogP contribution in [0.2, 0.25) is 0 Å². The van der Waals surface area contributed by atoms with Crippen molar-refractivity contribution in [2.75, 3.05) is 13.6 Å². The first-order valence-corrected chi connectivity index (χ1v) is 6.68. The van der Waals surface area contributed by atoms with Crippen LogP contribution in [0.15, 0.2) is 6.33 Å². The standard InChI is InChI=1S/C13H21N5O2/c1-13(2,12(20)14-3)6-16-11(19)9-4-8-10(5-15-9)18-7-17-8/h7,9,15H,4-6H2,1-3H3,(H,14,20)(H,16,19)(H,17,18). The number of aromatic amines is 1. The normalized spacial score (nSPS) is 18.2. The molecule has 110 valence electrons. The molecule has 7 nitrogen and oxygen atoms in total. The quantitative estimate of drug-likeness (QED) is 0.586. The number of aromatic nitrogens is 2. The Kier molecular flexibility index (Phi) is 4.08. The maximum Gasteiger partial charge on any atom is 0.237 e. The van der Waals surface area contributed by atoms with Gasteiger partial charge in [-0.05, 0) is 13.8 Å². The van der Waals surface area contributed by atoms with Gasteiger partial charge in [-0.15, -0.1) is 0 Å². The molecule has 1 aliphatic heterocycles. The Balaban J connectivity index is 1.89. The van der Waals surface area contributed by atoms with E-state index in [-0.39, 0.29) is 17.9 Å². The van der Waals surface area contributed by atoms with Crippen molar-refractivity contribution in [3.63, 3.8) is 0 Å². The van der Waals surface area contributed by atoms with Crippen LogP contribution in [0.25, 0.3) is 0 Å². The topological polar surface area (TPSA) is 98.9 Å². The molecule has 2 amide bonds. The van der Waals surface area contributed by atoms with Gasteiger partial charge >= 0.3 is 0 Å². The summed E-state index contributed by atoms with van der Waals surface area (Å²) in [5, 5.41) is 8.59. The Morgan fingerprint density at radius 3 is 2.95 bits per heavy atom. The summed E-state index contributed by atoms with van der Waals surface area (Å²) < 4.78 is 0. The van der Waals surface area contributed by atoms with Crippen molar-refractivity contribution in [3.05, 3.63) is 17.7 Å². The SMILES string of the molecule is CNC(=O)C(C)(C)CNC(=O)C1Cc2nc[nH]c2CN1. The minimum absolute atomic E-state index is 0.0935. The fourth-order valence-corrected chi connectivity index (χ4v) is 2.20. The second kappa shape index (κ2) is 5.62.